The van der Waals surface area contributed by atoms with Gasteiger partial charge in [-0.25, -0.2) is 4.79 Å². The van der Waals surface area contributed by atoms with Crippen molar-refractivity contribution >= 4 is 5.91 Å². The molecule has 8 heteroatoms. The fourth-order valence-electron chi connectivity index (χ4n) is 4.05. The van der Waals surface area contributed by atoms with Crippen LogP contribution in [0.1, 0.15) is 18.9 Å². The monoisotopic (exact) mass is 321 g/mol. The number of hydrogen-bond donors (Lipinski definition) is 3. The Labute approximate surface area is 133 Å². The molecule has 126 valence electrons. The second-order valence-electron chi connectivity index (χ2n) is 6.83. The number of likely N-dealkylation sites (tertiary alicyclic amines) is 2. The maximum absolute atomic E-state index is 11.9. The number of nitrogens with zero attached hydrogens (tertiary/aromatic N) is 2. The molecule has 0 unspecified atom stereocenters. The molecule has 2 saturated heterocycles. The Balaban J connectivity index is 1.79. The zero-order valence-corrected chi connectivity index (χ0v) is 13.5. The molecule has 2 atom stereocenters. The van der Waals surface area contributed by atoms with Gasteiger partial charge in [-0.2, -0.15) is 0 Å². The van der Waals surface area contributed by atoms with E-state index < -0.39 is 5.69 Å². The summed E-state index contributed by atoms with van der Waals surface area (Å²) in [5, 5.41) is 3.16. The number of fused-ring (bicyclic) bond motifs is 1. The molecule has 0 aliphatic carbocycles. The van der Waals surface area contributed by atoms with E-state index in [1.807, 2.05) is 0 Å². The van der Waals surface area contributed by atoms with Crippen LogP contribution in [-0.4, -0.2) is 64.4 Å². The molecule has 0 spiro atoms. The third-order valence-corrected chi connectivity index (χ3v) is 4.88. The molecule has 8 nitrogen and oxygen atoms in total. The van der Waals surface area contributed by atoms with Crippen molar-refractivity contribution in [2.24, 2.45) is 5.92 Å². The summed E-state index contributed by atoms with van der Waals surface area (Å²) in [5.41, 5.74) is -0.571. The van der Waals surface area contributed by atoms with Crippen LogP contribution in [0, 0.1) is 5.92 Å². The van der Waals surface area contributed by atoms with E-state index in [0.29, 0.717) is 24.6 Å². The predicted molar refractivity (Wildman–Crippen MR) is 85.1 cm³/mol. The fraction of sp³-hybridized carbons (Fsp3) is 0.667. The van der Waals surface area contributed by atoms with Gasteiger partial charge in [0.15, 0.2) is 0 Å². The maximum atomic E-state index is 11.9. The molecule has 0 radical (unpaired) electrons. The van der Waals surface area contributed by atoms with E-state index in [1.165, 1.54) is 6.20 Å². The summed E-state index contributed by atoms with van der Waals surface area (Å²) in [5.74, 6) is 0.413. The zero-order valence-electron chi connectivity index (χ0n) is 13.5. The summed E-state index contributed by atoms with van der Waals surface area (Å²) < 4.78 is 0. The highest BCUT2D eigenvalue weighted by atomic mass is 16.2. The molecule has 1 aromatic rings. The minimum atomic E-state index is -0.496. The van der Waals surface area contributed by atoms with Gasteiger partial charge in [-0.05, 0) is 25.9 Å². The van der Waals surface area contributed by atoms with Crippen LogP contribution >= 0.6 is 0 Å². The fourth-order valence-corrected chi connectivity index (χ4v) is 4.05. The number of carbonyl (C=O) groups is 1. The van der Waals surface area contributed by atoms with Gasteiger partial charge in [-0.3, -0.25) is 19.5 Å². The van der Waals surface area contributed by atoms with Crippen molar-refractivity contribution in [1.29, 1.82) is 0 Å². The normalized spacial score (nSPS) is 28.5. The van der Waals surface area contributed by atoms with Gasteiger partial charge >= 0.3 is 5.69 Å². The predicted octanol–water partition coefficient (Wildman–Crippen LogP) is -1.29. The van der Waals surface area contributed by atoms with Gasteiger partial charge in [0.25, 0.3) is 5.56 Å². The third-order valence-electron chi connectivity index (χ3n) is 4.88. The van der Waals surface area contributed by atoms with Crippen LogP contribution in [0.15, 0.2) is 15.8 Å². The molecule has 0 aromatic carbocycles. The van der Waals surface area contributed by atoms with Crippen molar-refractivity contribution in [2.45, 2.75) is 25.4 Å². The maximum Gasteiger partial charge on any atom is 0.325 e. The molecule has 2 fully saturated rings. The Kier molecular flexibility index (Phi) is 4.11. The van der Waals surface area contributed by atoms with Crippen molar-refractivity contribution < 1.29 is 4.79 Å². The number of nitrogens with one attached hydrogen (secondary N) is 3. The lowest BCUT2D eigenvalue weighted by atomic mass is 9.80. The minimum Gasteiger partial charge on any atom is -0.348 e. The molecule has 2 aliphatic heterocycles. The lowest BCUT2D eigenvalue weighted by Crippen LogP contribution is -2.63. The number of amides is 1. The molecule has 3 N–H and O–H groups in total. The molecule has 3 rings (SSSR count). The summed E-state index contributed by atoms with van der Waals surface area (Å²) in [4.78, 5) is 43.8. The largest absolute Gasteiger partial charge is 0.348 e. The van der Waals surface area contributed by atoms with Crippen molar-refractivity contribution in [1.82, 2.24) is 25.1 Å². The second-order valence-corrected chi connectivity index (χ2v) is 6.83. The summed E-state index contributed by atoms with van der Waals surface area (Å²) >= 11 is 0. The SMILES string of the molecule is CC(=O)N[C@@]12CN(C)C[C@@H]1CCN(Cc1c[nH]c(=O)[nH]c1=O)C2. The van der Waals surface area contributed by atoms with Gasteiger partial charge in [0.2, 0.25) is 5.91 Å². The molecule has 0 bridgehead atoms. The smallest absolute Gasteiger partial charge is 0.325 e. The number of likely N-dealkylation sites (N-methyl/N-ethyl adjacent to an activating group) is 1. The quantitative estimate of drug-likeness (QED) is 0.643. The lowest BCUT2D eigenvalue weighted by molar-refractivity contribution is -0.122. The van der Waals surface area contributed by atoms with Crippen molar-refractivity contribution in [2.75, 3.05) is 33.2 Å². The Morgan fingerprint density at radius 3 is 2.91 bits per heavy atom. The third kappa shape index (κ3) is 3.23. The summed E-state index contributed by atoms with van der Waals surface area (Å²) in [6, 6.07) is 0. The number of hydrogen-bond acceptors (Lipinski definition) is 5. The Hall–Kier alpha value is -1.93. The molecule has 2 aliphatic rings. The molecular formula is C15H23N5O3. The first-order valence-corrected chi connectivity index (χ1v) is 7.88. The first-order valence-electron chi connectivity index (χ1n) is 7.88. The Morgan fingerprint density at radius 1 is 1.43 bits per heavy atom. The minimum absolute atomic E-state index is 0.0194. The van der Waals surface area contributed by atoms with E-state index in [9.17, 15) is 14.4 Å². The summed E-state index contributed by atoms with van der Waals surface area (Å²) in [6.07, 6.45) is 2.45. The Morgan fingerprint density at radius 2 is 2.22 bits per heavy atom. The highest BCUT2D eigenvalue weighted by Crippen LogP contribution is 2.34. The van der Waals surface area contributed by atoms with Crippen LogP contribution < -0.4 is 16.6 Å². The van der Waals surface area contributed by atoms with Crippen LogP contribution in [0.3, 0.4) is 0 Å². The lowest BCUT2D eigenvalue weighted by Gasteiger charge is -2.44. The van der Waals surface area contributed by atoms with Crippen molar-refractivity contribution in [3.63, 3.8) is 0 Å². The average Bonchev–Trinajstić information content (AvgIpc) is 2.75. The molecule has 3 heterocycles. The van der Waals surface area contributed by atoms with E-state index in [0.717, 1.165) is 26.1 Å². The van der Waals surface area contributed by atoms with Gasteiger partial charge in [0.05, 0.1) is 5.54 Å². The van der Waals surface area contributed by atoms with Crippen LogP contribution in [0.5, 0.6) is 0 Å². The van der Waals surface area contributed by atoms with Crippen LogP contribution in [0.4, 0.5) is 0 Å². The van der Waals surface area contributed by atoms with Gasteiger partial charge in [0, 0.05) is 44.9 Å². The number of H-pyrrole nitrogens is 2. The van der Waals surface area contributed by atoms with Gasteiger partial charge in [0.1, 0.15) is 0 Å². The van der Waals surface area contributed by atoms with Crippen LogP contribution in [0.2, 0.25) is 0 Å². The number of aromatic amines is 2. The topological polar surface area (TPSA) is 101 Å². The number of aromatic nitrogens is 2. The van der Waals surface area contributed by atoms with E-state index in [4.69, 9.17) is 0 Å². The standard InChI is InChI=1S/C15H23N5O3/c1-10(21)18-15-8-19(2)7-12(15)3-4-20(9-15)6-11-5-16-14(23)17-13(11)22/h5,12H,3-4,6-9H2,1-2H3,(H,18,21)(H2,16,17,22,23)/t12-,15+/m0/s1. The highest BCUT2D eigenvalue weighted by Gasteiger charge is 2.49. The van der Waals surface area contributed by atoms with Crippen LogP contribution in [-0.2, 0) is 11.3 Å². The van der Waals surface area contributed by atoms with Gasteiger partial charge in [-0.15, -0.1) is 0 Å². The molecule has 23 heavy (non-hydrogen) atoms. The zero-order chi connectivity index (χ0) is 16.6. The molecule has 1 amide bonds. The van der Waals surface area contributed by atoms with E-state index in [1.54, 1.807) is 6.92 Å². The summed E-state index contributed by atoms with van der Waals surface area (Å²) in [6.45, 7) is 5.39. The van der Waals surface area contributed by atoms with E-state index in [-0.39, 0.29) is 17.0 Å². The molecule has 1 aromatic heterocycles. The van der Waals surface area contributed by atoms with Gasteiger partial charge < -0.3 is 15.2 Å². The number of rotatable bonds is 3. The van der Waals surface area contributed by atoms with E-state index >= 15 is 0 Å². The Bertz CT molecular complexity index is 712. The number of piperidine rings is 1. The second kappa shape index (κ2) is 5.93. The first kappa shape index (κ1) is 15.9. The van der Waals surface area contributed by atoms with E-state index in [2.05, 4.69) is 32.1 Å². The average molecular weight is 321 g/mol. The van der Waals surface area contributed by atoms with Crippen LogP contribution in [0.25, 0.3) is 0 Å². The molecular weight excluding hydrogens is 298 g/mol. The van der Waals surface area contributed by atoms with Gasteiger partial charge in [-0.1, -0.05) is 0 Å². The summed E-state index contributed by atoms with van der Waals surface area (Å²) in [7, 11) is 2.07. The molecule has 0 saturated carbocycles. The first-order chi connectivity index (χ1) is 10.9. The highest BCUT2D eigenvalue weighted by molar-refractivity contribution is 5.74. The van der Waals surface area contributed by atoms with Crippen molar-refractivity contribution in [3.8, 4) is 0 Å². The van der Waals surface area contributed by atoms with Crippen molar-refractivity contribution in [3.05, 3.63) is 32.6 Å². The number of carbonyl (C=O) groups excluding carboxylic acids is 1.